The Labute approximate surface area is 227 Å². The number of fused-ring (bicyclic) bond motifs is 5. The van der Waals surface area contributed by atoms with E-state index in [2.05, 4.69) is 0 Å². The number of pyridine rings is 2. The molecule has 2 amide bonds. The fourth-order valence-corrected chi connectivity index (χ4v) is 6.50. The number of nitrogens with two attached hydrogens (primary N) is 2. The standard InChI is InChI=1S/C28H28FN5O6/c1-3-28(39)16-6-20-25-14(9-34(20)26(37)15(16)11-40-27(28)38)24-19(33(10-21(31)35)22(36)8-30)5-4-13-12(2)17(29)7-18(32-25)23(13)24/h6-7,19,39H,3-5,8-11,30H2,1-2H3,(H2,31,35)/t19-,28-/m0/s1. The summed E-state index contributed by atoms with van der Waals surface area (Å²) in [5.41, 5.74) is 12.7. The average molecular weight is 550 g/mol. The summed E-state index contributed by atoms with van der Waals surface area (Å²) in [6.45, 7) is 2.40. The van der Waals surface area contributed by atoms with E-state index in [1.165, 1.54) is 15.5 Å². The van der Waals surface area contributed by atoms with Crippen LogP contribution in [0.15, 0.2) is 16.9 Å². The van der Waals surface area contributed by atoms with Crippen molar-refractivity contribution >= 4 is 28.7 Å². The summed E-state index contributed by atoms with van der Waals surface area (Å²) in [5.74, 6) is -2.45. The van der Waals surface area contributed by atoms with Gasteiger partial charge in [-0.05, 0) is 48.9 Å². The van der Waals surface area contributed by atoms with Gasteiger partial charge in [0, 0.05) is 22.6 Å². The maximum absolute atomic E-state index is 15.1. The second-order valence-electron chi connectivity index (χ2n) is 10.6. The van der Waals surface area contributed by atoms with Crippen LogP contribution in [0.1, 0.15) is 59.2 Å². The molecule has 0 fully saturated rings. The fraction of sp³-hybridized carbons (Fsp3) is 0.393. The molecule has 12 heteroatoms. The van der Waals surface area contributed by atoms with Gasteiger partial charge in [-0.2, -0.15) is 0 Å². The number of esters is 1. The molecule has 3 aliphatic rings. The lowest BCUT2D eigenvalue weighted by Crippen LogP contribution is -2.45. The lowest BCUT2D eigenvalue weighted by atomic mass is 9.81. The number of carbonyl (C=O) groups is 3. The van der Waals surface area contributed by atoms with Crippen molar-refractivity contribution in [3.05, 3.63) is 61.7 Å². The van der Waals surface area contributed by atoms with E-state index in [1.54, 1.807) is 19.9 Å². The number of aromatic nitrogens is 2. The molecule has 2 aromatic heterocycles. The van der Waals surface area contributed by atoms with Crippen LogP contribution < -0.4 is 17.0 Å². The Morgan fingerprint density at radius 2 is 2.02 bits per heavy atom. The van der Waals surface area contributed by atoms with Gasteiger partial charge in [-0.3, -0.25) is 14.4 Å². The molecule has 0 bridgehead atoms. The molecule has 1 aromatic carbocycles. The second-order valence-corrected chi connectivity index (χ2v) is 10.6. The van der Waals surface area contributed by atoms with Crippen molar-refractivity contribution in [1.29, 1.82) is 0 Å². The summed E-state index contributed by atoms with van der Waals surface area (Å²) < 4.78 is 21.7. The highest BCUT2D eigenvalue weighted by molar-refractivity contribution is 5.94. The van der Waals surface area contributed by atoms with E-state index in [0.717, 1.165) is 5.56 Å². The van der Waals surface area contributed by atoms with Gasteiger partial charge in [-0.1, -0.05) is 6.92 Å². The Morgan fingerprint density at radius 3 is 2.70 bits per heavy atom. The molecule has 6 rings (SSSR count). The topological polar surface area (TPSA) is 171 Å². The van der Waals surface area contributed by atoms with Gasteiger partial charge in [-0.15, -0.1) is 0 Å². The monoisotopic (exact) mass is 549 g/mol. The number of aryl methyl sites for hydroxylation is 1. The highest BCUT2D eigenvalue weighted by Gasteiger charge is 2.46. The molecule has 0 spiro atoms. The number of ether oxygens (including phenoxy) is 1. The molecule has 1 aliphatic carbocycles. The van der Waals surface area contributed by atoms with Gasteiger partial charge in [-0.25, -0.2) is 14.2 Å². The first kappa shape index (κ1) is 26.1. The third-order valence-electron chi connectivity index (χ3n) is 8.54. The predicted molar refractivity (Wildman–Crippen MR) is 140 cm³/mol. The van der Waals surface area contributed by atoms with E-state index in [9.17, 15) is 24.3 Å². The largest absolute Gasteiger partial charge is 0.458 e. The number of aliphatic hydroxyl groups is 1. The van der Waals surface area contributed by atoms with Crippen LogP contribution in [0.4, 0.5) is 4.39 Å². The smallest absolute Gasteiger partial charge is 0.343 e. The minimum atomic E-state index is -2.00. The molecule has 2 atom stereocenters. The van der Waals surface area contributed by atoms with Crippen LogP contribution in [-0.2, 0) is 44.3 Å². The third-order valence-corrected chi connectivity index (χ3v) is 8.54. The Morgan fingerprint density at radius 1 is 1.27 bits per heavy atom. The molecule has 3 aromatic rings. The van der Waals surface area contributed by atoms with Gasteiger partial charge in [0.1, 0.15) is 12.4 Å². The molecule has 0 saturated carbocycles. The van der Waals surface area contributed by atoms with Crippen LogP contribution in [0.5, 0.6) is 0 Å². The van der Waals surface area contributed by atoms with Crippen molar-refractivity contribution in [2.24, 2.45) is 11.5 Å². The van der Waals surface area contributed by atoms with Crippen molar-refractivity contribution in [3.63, 3.8) is 0 Å². The zero-order valence-corrected chi connectivity index (χ0v) is 22.0. The van der Waals surface area contributed by atoms with Gasteiger partial charge in [0.15, 0.2) is 5.60 Å². The molecule has 0 radical (unpaired) electrons. The Hall–Kier alpha value is -4.16. The summed E-state index contributed by atoms with van der Waals surface area (Å²) in [6, 6.07) is 2.27. The molecular formula is C28H28FN5O6. The SMILES string of the molecule is CC[C@@]1(O)C(=O)OCc2c1cc1n(c2=O)Cc2c-1nc1cc(F)c(C)c3c1c2[C@@H](N(CC(N)=O)C(=O)CN)CC3. The predicted octanol–water partition coefficient (Wildman–Crippen LogP) is 0.787. The van der Waals surface area contributed by atoms with Crippen LogP contribution in [0.25, 0.3) is 22.3 Å². The zero-order valence-electron chi connectivity index (χ0n) is 22.0. The molecule has 11 nitrogen and oxygen atoms in total. The maximum atomic E-state index is 15.1. The van der Waals surface area contributed by atoms with Gasteiger partial charge in [0.05, 0.1) is 48.1 Å². The van der Waals surface area contributed by atoms with E-state index >= 15 is 4.39 Å². The summed E-state index contributed by atoms with van der Waals surface area (Å²) in [5, 5.41) is 11.9. The van der Waals surface area contributed by atoms with Crippen molar-refractivity contribution in [2.45, 2.75) is 57.9 Å². The van der Waals surface area contributed by atoms with Gasteiger partial charge < -0.3 is 30.8 Å². The van der Waals surface area contributed by atoms with E-state index < -0.39 is 40.8 Å². The molecule has 4 heterocycles. The van der Waals surface area contributed by atoms with E-state index in [-0.39, 0.29) is 43.8 Å². The second kappa shape index (κ2) is 8.93. The normalized spacial score (nSPS) is 20.5. The van der Waals surface area contributed by atoms with Crippen LogP contribution in [0, 0.1) is 12.7 Å². The number of primary amides is 1. The number of nitrogens with zero attached hydrogens (tertiary/aromatic N) is 3. The molecule has 208 valence electrons. The number of hydrogen-bond donors (Lipinski definition) is 3. The minimum absolute atomic E-state index is 0.00974. The van der Waals surface area contributed by atoms with Crippen molar-refractivity contribution in [3.8, 4) is 11.4 Å². The van der Waals surface area contributed by atoms with Crippen molar-refractivity contribution in [1.82, 2.24) is 14.5 Å². The number of benzene rings is 1. The summed E-state index contributed by atoms with van der Waals surface area (Å²) in [4.78, 5) is 57.3. The van der Waals surface area contributed by atoms with Crippen LogP contribution in [0.3, 0.4) is 0 Å². The number of cyclic esters (lactones) is 1. The quantitative estimate of drug-likeness (QED) is 0.307. The Kier molecular flexibility index (Phi) is 5.82. The maximum Gasteiger partial charge on any atom is 0.343 e. The van der Waals surface area contributed by atoms with E-state index in [0.29, 0.717) is 51.8 Å². The molecule has 0 unspecified atom stereocenters. The lowest BCUT2D eigenvalue weighted by molar-refractivity contribution is -0.172. The summed E-state index contributed by atoms with van der Waals surface area (Å²) >= 11 is 0. The molecule has 40 heavy (non-hydrogen) atoms. The van der Waals surface area contributed by atoms with Crippen LogP contribution >= 0.6 is 0 Å². The molecular weight excluding hydrogens is 521 g/mol. The first-order valence-electron chi connectivity index (χ1n) is 13.1. The minimum Gasteiger partial charge on any atom is -0.458 e. The summed E-state index contributed by atoms with van der Waals surface area (Å²) in [6.07, 6.45) is 0.793. The number of carbonyl (C=O) groups excluding carboxylic acids is 3. The van der Waals surface area contributed by atoms with Crippen molar-refractivity contribution in [2.75, 3.05) is 13.1 Å². The van der Waals surface area contributed by atoms with Gasteiger partial charge in [0.25, 0.3) is 5.56 Å². The number of rotatable bonds is 5. The molecule has 5 N–H and O–H groups in total. The first-order chi connectivity index (χ1) is 19.0. The number of hydrogen-bond acceptors (Lipinski definition) is 8. The molecule has 2 aliphatic heterocycles. The molecule has 0 saturated heterocycles. The third kappa shape index (κ3) is 3.45. The van der Waals surface area contributed by atoms with Crippen LogP contribution in [0.2, 0.25) is 0 Å². The average Bonchev–Trinajstić information content (AvgIpc) is 3.30. The lowest BCUT2D eigenvalue weighted by Gasteiger charge is -2.36. The Bertz CT molecular complexity index is 1730. The fourth-order valence-electron chi connectivity index (χ4n) is 6.50. The van der Waals surface area contributed by atoms with E-state index in [4.69, 9.17) is 21.2 Å². The van der Waals surface area contributed by atoms with E-state index in [1.807, 2.05) is 0 Å². The highest BCUT2D eigenvalue weighted by atomic mass is 19.1. The summed E-state index contributed by atoms with van der Waals surface area (Å²) in [7, 11) is 0. The van der Waals surface area contributed by atoms with Gasteiger partial charge in [0.2, 0.25) is 11.8 Å². The van der Waals surface area contributed by atoms with Crippen molar-refractivity contribution < 1.29 is 28.6 Å². The number of amides is 2. The first-order valence-corrected chi connectivity index (χ1v) is 13.1. The number of halogens is 1. The van der Waals surface area contributed by atoms with Gasteiger partial charge >= 0.3 is 5.97 Å². The Balaban J connectivity index is 1.67. The zero-order chi connectivity index (χ0) is 28.7. The van der Waals surface area contributed by atoms with Crippen LogP contribution in [-0.4, -0.2) is 50.4 Å². The highest BCUT2D eigenvalue weighted by Crippen LogP contribution is 2.47.